The Labute approximate surface area is 154 Å². The number of fused-ring (bicyclic) bond motifs is 3. The van der Waals surface area contributed by atoms with Gasteiger partial charge < -0.3 is 10.3 Å². The molecule has 1 amide bonds. The summed E-state index contributed by atoms with van der Waals surface area (Å²) in [5, 5.41) is 1.28. The lowest BCUT2D eigenvalue weighted by Crippen LogP contribution is -2.14. The molecular formula is C21H21F3N2O. The smallest absolute Gasteiger partial charge is 0.366 e. The van der Waals surface area contributed by atoms with E-state index >= 15 is 0 Å². The summed E-state index contributed by atoms with van der Waals surface area (Å²) < 4.78 is 41.8. The zero-order chi connectivity index (χ0) is 19.2. The Morgan fingerprint density at radius 3 is 2.48 bits per heavy atom. The van der Waals surface area contributed by atoms with E-state index in [4.69, 9.17) is 5.73 Å². The Bertz CT molecular complexity index is 1010. The summed E-state index contributed by atoms with van der Waals surface area (Å²) in [6.45, 7) is 0.656. The molecule has 1 heterocycles. The number of carbonyl (C=O) groups excluding carboxylic acids is 1. The molecule has 2 aromatic carbocycles. The summed E-state index contributed by atoms with van der Waals surface area (Å²) in [6, 6.07) is 8.96. The molecule has 142 valence electrons. The number of hydrogen-bond donors (Lipinski definition) is 1. The molecule has 6 heteroatoms. The quantitative estimate of drug-likeness (QED) is 0.647. The highest BCUT2D eigenvalue weighted by molar-refractivity contribution is 6.17. The van der Waals surface area contributed by atoms with E-state index in [0.717, 1.165) is 37.3 Å². The average molecular weight is 374 g/mol. The van der Waals surface area contributed by atoms with E-state index in [1.807, 2.05) is 10.6 Å². The van der Waals surface area contributed by atoms with Gasteiger partial charge in [0, 0.05) is 33.9 Å². The van der Waals surface area contributed by atoms with Crippen LogP contribution in [0.15, 0.2) is 36.4 Å². The molecule has 0 radical (unpaired) electrons. The first-order valence-electron chi connectivity index (χ1n) is 9.28. The van der Waals surface area contributed by atoms with Crippen LogP contribution in [0.25, 0.3) is 21.8 Å². The van der Waals surface area contributed by atoms with E-state index in [9.17, 15) is 18.0 Å². The van der Waals surface area contributed by atoms with E-state index in [1.54, 1.807) is 12.1 Å². The van der Waals surface area contributed by atoms with Gasteiger partial charge in [-0.15, -0.1) is 0 Å². The lowest BCUT2D eigenvalue weighted by atomic mass is 9.89. The number of carbonyl (C=O) groups is 1. The molecule has 0 aliphatic heterocycles. The lowest BCUT2D eigenvalue weighted by Gasteiger charge is -2.23. The summed E-state index contributed by atoms with van der Waals surface area (Å²) in [5.74, 6) is -0.137. The first-order valence-corrected chi connectivity index (χ1v) is 9.28. The molecule has 2 N–H and O–H groups in total. The predicted molar refractivity (Wildman–Crippen MR) is 99.5 cm³/mol. The summed E-state index contributed by atoms with van der Waals surface area (Å²) in [5.41, 5.74) is 6.49. The van der Waals surface area contributed by atoms with Gasteiger partial charge >= 0.3 is 6.18 Å². The molecule has 0 bridgehead atoms. The van der Waals surface area contributed by atoms with Crippen molar-refractivity contribution >= 4 is 27.7 Å². The van der Waals surface area contributed by atoms with Gasteiger partial charge in [-0.1, -0.05) is 31.4 Å². The van der Waals surface area contributed by atoms with Crippen molar-refractivity contribution in [2.24, 2.45) is 11.7 Å². The van der Waals surface area contributed by atoms with Gasteiger partial charge in [-0.2, -0.15) is 13.2 Å². The van der Waals surface area contributed by atoms with E-state index in [1.165, 1.54) is 18.6 Å². The molecule has 27 heavy (non-hydrogen) atoms. The molecule has 0 spiro atoms. The molecule has 0 saturated heterocycles. The minimum absolute atomic E-state index is 0.347. The molecular weight excluding hydrogens is 353 g/mol. The third-order valence-corrected chi connectivity index (χ3v) is 5.65. The second-order valence-electron chi connectivity index (χ2n) is 7.41. The van der Waals surface area contributed by atoms with Crippen LogP contribution in [0.5, 0.6) is 0 Å². The maximum atomic E-state index is 13.3. The number of alkyl halides is 3. The second kappa shape index (κ2) is 6.59. The van der Waals surface area contributed by atoms with Crippen LogP contribution in [0.3, 0.4) is 0 Å². The highest BCUT2D eigenvalue weighted by Gasteiger charge is 2.31. The Morgan fingerprint density at radius 2 is 1.81 bits per heavy atom. The van der Waals surface area contributed by atoms with Crippen molar-refractivity contribution in [1.82, 2.24) is 4.57 Å². The van der Waals surface area contributed by atoms with Gasteiger partial charge in [0.05, 0.1) is 5.56 Å². The van der Waals surface area contributed by atoms with Gasteiger partial charge in [-0.25, -0.2) is 0 Å². The molecule has 0 unspecified atom stereocenters. The number of hydrogen-bond acceptors (Lipinski definition) is 1. The Balaban J connectivity index is 1.98. The number of halogens is 3. The first kappa shape index (κ1) is 17.9. The van der Waals surface area contributed by atoms with Gasteiger partial charge in [0.15, 0.2) is 0 Å². The normalized spacial score (nSPS) is 16.3. The van der Waals surface area contributed by atoms with Gasteiger partial charge in [0.2, 0.25) is 5.91 Å². The monoisotopic (exact) mass is 374 g/mol. The van der Waals surface area contributed by atoms with Crippen molar-refractivity contribution in [2.45, 2.75) is 44.8 Å². The predicted octanol–water partition coefficient (Wildman–Crippen LogP) is 5.49. The number of benzene rings is 2. The summed E-state index contributed by atoms with van der Waals surface area (Å²) in [6.07, 6.45) is 1.27. The SMILES string of the molecule is NC(=O)c1cccc2c1c1ccc(C(F)(F)F)cc1n2CC1CCCCC1. The number of primary amides is 1. The van der Waals surface area contributed by atoms with Crippen LogP contribution in [0.2, 0.25) is 0 Å². The molecule has 3 aromatic rings. The van der Waals surface area contributed by atoms with E-state index in [2.05, 4.69) is 0 Å². The summed E-state index contributed by atoms with van der Waals surface area (Å²) in [4.78, 5) is 11.9. The van der Waals surface area contributed by atoms with Crippen LogP contribution < -0.4 is 5.73 Å². The average Bonchev–Trinajstić information content (AvgIpc) is 2.95. The number of nitrogens with two attached hydrogens (primary N) is 1. The van der Waals surface area contributed by atoms with Crippen molar-refractivity contribution in [3.63, 3.8) is 0 Å². The summed E-state index contributed by atoms with van der Waals surface area (Å²) >= 11 is 0. The van der Waals surface area contributed by atoms with Crippen LogP contribution in [0.4, 0.5) is 13.2 Å². The number of aromatic nitrogens is 1. The molecule has 3 nitrogen and oxygen atoms in total. The number of rotatable bonds is 3. The third-order valence-electron chi connectivity index (χ3n) is 5.65. The zero-order valence-electron chi connectivity index (χ0n) is 14.9. The fraction of sp³-hybridized carbons (Fsp3) is 0.381. The van der Waals surface area contributed by atoms with Crippen LogP contribution in [0, 0.1) is 5.92 Å². The van der Waals surface area contributed by atoms with Crippen LogP contribution in [0.1, 0.15) is 48.0 Å². The van der Waals surface area contributed by atoms with Crippen molar-refractivity contribution < 1.29 is 18.0 Å². The minimum Gasteiger partial charge on any atom is -0.366 e. The van der Waals surface area contributed by atoms with E-state index in [-0.39, 0.29) is 0 Å². The largest absolute Gasteiger partial charge is 0.416 e. The Kier molecular flexibility index (Phi) is 4.36. The molecule has 4 rings (SSSR count). The van der Waals surface area contributed by atoms with Crippen LogP contribution in [-0.2, 0) is 12.7 Å². The van der Waals surface area contributed by atoms with E-state index in [0.29, 0.717) is 34.3 Å². The summed E-state index contributed by atoms with van der Waals surface area (Å²) in [7, 11) is 0. The standard InChI is InChI=1S/C21H21F3N2O/c22-21(23,24)14-9-10-15-18(11-14)26(12-13-5-2-1-3-6-13)17-8-4-7-16(19(15)17)20(25)27/h4,7-11,13H,1-3,5-6,12H2,(H2,25,27). The van der Waals surface area contributed by atoms with Gasteiger partial charge in [-0.05, 0) is 43.0 Å². The zero-order valence-corrected chi connectivity index (χ0v) is 14.9. The molecule has 1 saturated carbocycles. The molecule has 1 fully saturated rings. The van der Waals surface area contributed by atoms with Gasteiger partial charge in [-0.3, -0.25) is 4.79 Å². The second-order valence-corrected chi connectivity index (χ2v) is 7.41. The highest BCUT2D eigenvalue weighted by Crippen LogP contribution is 2.38. The van der Waals surface area contributed by atoms with Crippen LogP contribution >= 0.6 is 0 Å². The topological polar surface area (TPSA) is 48.0 Å². The van der Waals surface area contributed by atoms with Crippen molar-refractivity contribution in [1.29, 1.82) is 0 Å². The number of nitrogens with zero attached hydrogens (tertiary/aromatic N) is 1. The van der Waals surface area contributed by atoms with Crippen molar-refractivity contribution in [3.8, 4) is 0 Å². The molecule has 1 aromatic heterocycles. The number of amides is 1. The fourth-order valence-corrected chi connectivity index (χ4v) is 4.35. The Morgan fingerprint density at radius 1 is 1.07 bits per heavy atom. The highest BCUT2D eigenvalue weighted by atomic mass is 19.4. The maximum absolute atomic E-state index is 13.3. The van der Waals surface area contributed by atoms with Gasteiger partial charge in [0.25, 0.3) is 0 Å². The first-order chi connectivity index (χ1) is 12.9. The van der Waals surface area contributed by atoms with Crippen molar-refractivity contribution in [2.75, 3.05) is 0 Å². The lowest BCUT2D eigenvalue weighted by molar-refractivity contribution is -0.137. The molecule has 1 aliphatic carbocycles. The van der Waals surface area contributed by atoms with Crippen LogP contribution in [-0.4, -0.2) is 10.5 Å². The molecule has 1 aliphatic rings. The van der Waals surface area contributed by atoms with Gasteiger partial charge in [0.1, 0.15) is 0 Å². The third kappa shape index (κ3) is 3.17. The minimum atomic E-state index is -4.41. The van der Waals surface area contributed by atoms with E-state index < -0.39 is 17.6 Å². The fourth-order valence-electron chi connectivity index (χ4n) is 4.35. The molecule has 0 atom stereocenters. The van der Waals surface area contributed by atoms with Crippen molar-refractivity contribution in [3.05, 3.63) is 47.5 Å². The Hall–Kier alpha value is -2.50. The maximum Gasteiger partial charge on any atom is 0.416 e.